The van der Waals surface area contributed by atoms with Crippen LogP contribution in [0.15, 0.2) is 47.4 Å². The van der Waals surface area contributed by atoms with E-state index in [1.54, 1.807) is 0 Å². The molecule has 1 aliphatic heterocycles. The van der Waals surface area contributed by atoms with Crippen molar-refractivity contribution in [2.45, 2.75) is 23.5 Å². The number of nitrogens with one attached hydrogen (secondary N) is 2. The van der Waals surface area contributed by atoms with Gasteiger partial charge in [-0.25, -0.2) is 21.2 Å². The van der Waals surface area contributed by atoms with Gasteiger partial charge in [-0.1, -0.05) is 0 Å². The van der Waals surface area contributed by atoms with Crippen molar-refractivity contribution in [3.05, 3.63) is 53.8 Å². The van der Waals surface area contributed by atoms with Crippen LogP contribution >= 0.6 is 0 Å². The van der Waals surface area contributed by atoms with Gasteiger partial charge in [0.15, 0.2) is 19.7 Å². The third kappa shape index (κ3) is 4.85. The molecule has 0 unspecified atom stereocenters. The van der Waals surface area contributed by atoms with Crippen LogP contribution in [0, 0.1) is 5.82 Å². The van der Waals surface area contributed by atoms with Gasteiger partial charge >= 0.3 is 0 Å². The Bertz CT molecular complexity index is 1210. The maximum absolute atomic E-state index is 14.2. The highest BCUT2D eigenvalue weighted by Crippen LogP contribution is 2.27. The number of hydrogen-bond donors (Lipinski definition) is 2. The van der Waals surface area contributed by atoms with Gasteiger partial charge in [-0.3, -0.25) is 9.59 Å². The number of amides is 2. The third-order valence-electron chi connectivity index (χ3n) is 4.60. The van der Waals surface area contributed by atoms with E-state index >= 15 is 0 Å². The lowest BCUT2D eigenvalue weighted by Gasteiger charge is -2.12. The van der Waals surface area contributed by atoms with Gasteiger partial charge in [-0.15, -0.1) is 0 Å². The van der Waals surface area contributed by atoms with Crippen LogP contribution in [0.2, 0.25) is 0 Å². The third-order valence-corrected chi connectivity index (χ3v) is 8.77. The number of carbonyl (C=O) groups is 2. The van der Waals surface area contributed by atoms with Crippen LogP contribution in [-0.2, 0) is 24.5 Å². The second-order valence-corrected chi connectivity index (χ2v) is 11.4. The first-order valence-corrected chi connectivity index (χ1v) is 12.3. The number of anilines is 2. The van der Waals surface area contributed by atoms with Gasteiger partial charge in [-0.2, -0.15) is 0 Å². The zero-order valence-electron chi connectivity index (χ0n) is 15.9. The summed E-state index contributed by atoms with van der Waals surface area (Å²) in [5.41, 5.74) is 0.331. The van der Waals surface area contributed by atoms with Crippen molar-refractivity contribution in [2.75, 3.05) is 22.1 Å². The van der Waals surface area contributed by atoms with Gasteiger partial charge in [0, 0.05) is 18.3 Å². The Hall–Kier alpha value is -2.79. The standard InChI is InChI=1S/C19H19FN2O6S2/c1-12(23)21-13-2-4-14(5-3-13)22-19(24)17-10-15(6-7-18(17)20)30(27,28)16-8-9-29(25,26)11-16/h2-7,10,16H,8-9,11H2,1H3,(H,21,23)(H,22,24)/t16-/m1/s1. The van der Waals surface area contributed by atoms with Crippen LogP contribution in [0.4, 0.5) is 15.8 Å². The molecule has 30 heavy (non-hydrogen) atoms. The number of sulfone groups is 2. The Morgan fingerprint density at radius 2 is 1.63 bits per heavy atom. The summed E-state index contributed by atoms with van der Waals surface area (Å²) in [6.45, 7) is 1.35. The molecule has 0 aromatic heterocycles. The summed E-state index contributed by atoms with van der Waals surface area (Å²) in [4.78, 5) is 23.2. The average molecular weight is 455 g/mol. The van der Waals surface area contributed by atoms with E-state index in [4.69, 9.17) is 0 Å². The Morgan fingerprint density at radius 3 is 2.17 bits per heavy atom. The molecule has 0 spiro atoms. The number of rotatable bonds is 5. The molecule has 1 aliphatic rings. The van der Waals surface area contributed by atoms with Crippen LogP contribution in [0.5, 0.6) is 0 Å². The minimum atomic E-state index is -4.04. The van der Waals surface area contributed by atoms with Crippen molar-refractivity contribution in [3.8, 4) is 0 Å². The molecule has 0 aliphatic carbocycles. The Morgan fingerprint density at radius 1 is 1.03 bits per heavy atom. The second-order valence-electron chi connectivity index (χ2n) is 6.92. The first-order valence-electron chi connectivity index (χ1n) is 8.91. The lowest BCUT2D eigenvalue weighted by molar-refractivity contribution is -0.114. The molecule has 2 aromatic rings. The van der Waals surface area contributed by atoms with Crippen LogP contribution in [0.25, 0.3) is 0 Å². The molecule has 160 valence electrons. The summed E-state index contributed by atoms with van der Waals surface area (Å²) in [5.74, 6) is -2.76. The molecule has 0 saturated carbocycles. The van der Waals surface area contributed by atoms with Crippen molar-refractivity contribution in [1.29, 1.82) is 0 Å². The molecule has 1 atom stereocenters. The highest BCUT2D eigenvalue weighted by molar-refractivity contribution is 7.96. The van der Waals surface area contributed by atoms with Gasteiger partial charge in [0.1, 0.15) is 5.82 Å². The largest absolute Gasteiger partial charge is 0.326 e. The maximum Gasteiger partial charge on any atom is 0.258 e. The molecular formula is C19H19FN2O6S2. The SMILES string of the molecule is CC(=O)Nc1ccc(NC(=O)c2cc(S(=O)(=O)[C@@H]3CCS(=O)(=O)C3)ccc2F)cc1. The van der Waals surface area contributed by atoms with Gasteiger partial charge in [0.2, 0.25) is 5.91 Å². The minimum Gasteiger partial charge on any atom is -0.326 e. The van der Waals surface area contributed by atoms with Crippen molar-refractivity contribution in [1.82, 2.24) is 0 Å². The van der Waals surface area contributed by atoms with Crippen molar-refractivity contribution in [2.24, 2.45) is 0 Å². The topological polar surface area (TPSA) is 126 Å². The number of halogens is 1. The fourth-order valence-electron chi connectivity index (χ4n) is 3.09. The smallest absolute Gasteiger partial charge is 0.258 e. The molecule has 1 saturated heterocycles. The van der Waals surface area contributed by atoms with Gasteiger partial charge in [0.25, 0.3) is 5.91 Å². The Balaban J connectivity index is 1.82. The van der Waals surface area contributed by atoms with Crippen molar-refractivity contribution >= 4 is 42.9 Å². The predicted molar refractivity (Wildman–Crippen MR) is 109 cm³/mol. The number of hydrogen-bond acceptors (Lipinski definition) is 6. The lowest BCUT2D eigenvalue weighted by Crippen LogP contribution is -2.23. The zero-order chi connectivity index (χ0) is 22.1. The van der Waals surface area contributed by atoms with Crippen LogP contribution < -0.4 is 10.6 Å². The highest BCUT2D eigenvalue weighted by Gasteiger charge is 2.38. The van der Waals surface area contributed by atoms with E-state index in [9.17, 15) is 30.8 Å². The first-order chi connectivity index (χ1) is 14.0. The lowest BCUT2D eigenvalue weighted by atomic mass is 10.2. The monoisotopic (exact) mass is 454 g/mol. The second kappa shape index (κ2) is 8.15. The average Bonchev–Trinajstić information content (AvgIpc) is 3.03. The molecular weight excluding hydrogens is 435 g/mol. The van der Waals surface area contributed by atoms with Gasteiger partial charge in [-0.05, 0) is 48.9 Å². The van der Waals surface area contributed by atoms with Gasteiger partial charge in [0.05, 0.1) is 27.2 Å². The summed E-state index contributed by atoms with van der Waals surface area (Å²) in [6, 6.07) is 8.86. The summed E-state index contributed by atoms with van der Waals surface area (Å²) in [6.07, 6.45) is -0.0375. The Labute approximate surface area is 173 Å². The summed E-state index contributed by atoms with van der Waals surface area (Å²) in [7, 11) is -7.47. The molecule has 0 radical (unpaired) electrons. The van der Waals surface area contributed by atoms with Crippen LogP contribution in [0.1, 0.15) is 23.7 Å². The fourth-order valence-corrected chi connectivity index (χ4v) is 7.48. The van der Waals surface area contributed by atoms with E-state index in [1.807, 2.05) is 0 Å². The predicted octanol–water partition coefficient (Wildman–Crippen LogP) is 2.00. The van der Waals surface area contributed by atoms with Gasteiger partial charge < -0.3 is 10.6 Å². The summed E-state index contributed by atoms with van der Waals surface area (Å²) >= 11 is 0. The van der Waals surface area contributed by atoms with Crippen molar-refractivity contribution in [3.63, 3.8) is 0 Å². The normalized spacial score (nSPS) is 18.0. The van der Waals surface area contributed by atoms with E-state index in [0.29, 0.717) is 11.4 Å². The van der Waals surface area contributed by atoms with Crippen LogP contribution in [-0.4, -0.2) is 45.4 Å². The van der Waals surface area contributed by atoms with E-state index in [0.717, 1.165) is 18.2 Å². The fraction of sp³-hybridized carbons (Fsp3) is 0.263. The molecule has 2 N–H and O–H groups in total. The minimum absolute atomic E-state index is 0.0375. The molecule has 8 nitrogen and oxygen atoms in total. The molecule has 1 heterocycles. The number of benzene rings is 2. The van der Waals surface area contributed by atoms with E-state index in [-0.39, 0.29) is 23.0 Å². The van der Waals surface area contributed by atoms with E-state index in [1.165, 1.54) is 31.2 Å². The number of carbonyl (C=O) groups excluding carboxylic acids is 2. The summed E-state index contributed by atoms with van der Waals surface area (Å²) < 4.78 is 62.9. The molecule has 1 fully saturated rings. The van der Waals surface area contributed by atoms with E-state index in [2.05, 4.69) is 10.6 Å². The van der Waals surface area contributed by atoms with E-state index < -0.39 is 48.0 Å². The molecule has 2 aromatic carbocycles. The maximum atomic E-state index is 14.2. The van der Waals surface area contributed by atoms with Crippen molar-refractivity contribution < 1.29 is 30.8 Å². The summed E-state index contributed by atoms with van der Waals surface area (Å²) in [5, 5.41) is 3.90. The Kier molecular flexibility index (Phi) is 5.95. The quantitative estimate of drug-likeness (QED) is 0.666. The molecule has 3 rings (SSSR count). The molecule has 11 heteroatoms. The first kappa shape index (κ1) is 21.9. The zero-order valence-corrected chi connectivity index (χ0v) is 17.5. The highest BCUT2D eigenvalue weighted by atomic mass is 32.2. The molecule has 2 amide bonds. The van der Waals surface area contributed by atoms with Crippen LogP contribution in [0.3, 0.4) is 0 Å². The molecule has 0 bridgehead atoms.